The summed E-state index contributed by atoms with van der Waals surface area (Å²) >= 11 is 1.50. The number of benzene rings is 1. The third-order valence-electron chi connectivity index (χ3n) is 1.27. The molecule has 0 radical (unpaired) electrons. The first-order valence-electron chi connectivity index (χ1n) is 2.76. The molecule has 0 aliphatic carbocycles. The lowest BCUT2D eigenvalue weighted by molar-refractivity contribution is 1.67. The van der Waals surface area contributed by atoms with Crippen LogP contribution in [0.4, 0.5) is 0 Å². The summed E-state index contributed by atoms with van der Waals surface area (Å²) in [5.74, 6) is 0. The average Bonchev–Trinajstić information content (AvgIpc) is 2.33. The van der Waals surface area contributed by atoms with Crippen LogP contribution in [-0.4, -0.2) is 4.37 Å². The van der Waals surface area contributed by atoms with E-state index in [9.17, 15) is 0 Å². The number of aromatic nitrogens is 1. The first-order chi connectivity index (χ1) is 4.47. The molecule has 1 nitrogen and oxygen atoms in total. The standard InChI is InChI=1S/C7H5NS.HI/c1-2-4-7-6(3-1)5-9-8-7;/h1-5H;1H. The van der Waals surface area contributed by atoms with E-state index in [-0.39, 0.29) is 24.0 Å². The van der Waals surface area contributed by atoms with Gasteiger partial charge in [0.2, 0.25) is 0 Å². The van der Waals surface area contributed by atoms with Crippen molar-refractivity contribution < 1.29 is 0 Å². The molecule has 0 saturated heterocycles. The van der Waals surface area contributed by atoms with Gasteiger partial charge in [0.1, 0.15) is 0 Å². The van der Waals surface area contributed by atoms with E-state index >= 15 is 0 Å². The van der Waals surface area contributed by atoms with Crippen molar-refractivity contribution >= 4 is 46.4 Å². The Kier molecular flexibility index (Phi) is 2.62. The zero-order chi connectivity index (χ0) is 6.10. The fourth-order valence-electron chi connectivity index (χ4n) is 0.810. The van der Waals surface area contributed by atoms with E-state index in [1.54, 1.807) is 0 Å². The summed E-state index contributed by atoms with van der Waals surface area (Å²) in [5, 5.41) is 3.29. The van der Waals surface area contributed by atoms with Gasteiger partial charge in [-0.15, -0.1) is 24.0 Å². The largest absolute Gasteiger partial charge is 0.193 e. The molecule has 0 spiro atoms. The van der Waals surface area contributed by atoms with Crippen LogP contribution in [0.15, 0.2) is 29.6 Å². The smallest absolute Gasteiger partial charge is 0.0840 e. The Balaban J connectivity index is 0.000000500. The molecule has 1 heterocycles. The van der Waals surface area contributed by atoms with E-state index in [0.29, 0.717) is 0 Å². The molecule has 0 bridgehead atoms. The Morgan fingerprint density at radius 1 is 1.20 bits per heavy atom. The number of fused-ring (bicyclic) bond motifs is 1. The molecular weight excluding hydrogens is 257 g/mol. The quantitative estimate of drug-likeness (QED) is 0.666. The average molecular weight is 263 g/mol. The maximum atomic E-state index is 4.16. The van der Waals surface area contributed by atoms with Crippen molar-refractivity contribution in [1.29, 1.82) is 0 Å². The summed E-state index contributed by atoms with van der Waals surface area (Å²) < 4.78 is 4.16. The van der Waals surface area contributed by atoms with Gasteiger partial charge in [0.15, 0.2) is 0 Å². The Bertz CT molecular complexity index is 288. The zero-order valence-electron chi connectivity index (χ0n) is 5.15. The predicted octanol–water partition coefficient (Wildman–Crippen LogP) is 2.91. The van der Waals surface area contributed by atoms with Crippen LogP contribution in [0.1, 0.15) is 0 Å². The third kappa shape index (κ3) is 1.29. The highest BCUT2D eigenvalue weighted by Crippen LogP contribution is 2.12. The molecule has 3 heteroatoms. The van der Waals surface area contributed by atoms with E-state index in [1.165, 1.54) is 16.9 Å². The minimum Gasteiger partial charge on any atom is -0.193 e. The van der Waals surface area contributed by atoms with Crippen molar-refractivity contribution in [2.75, 3.05) is 0 Å². The van der Waals surface area contributed by atoms with Crippen molar-refractivity contribution in [3.8, 4) is 0 Å². The molecule has 2 rings (SSSR count). The normalized spacial score (nSPS) is 9.20. The van der Waals surface area contributed by atoms with Crippen molar-refractivity contribution in [3.63, 3.8) is 0 Å². The summed E-state index contributed by atoms with van der Waals surface area (Å²) in [7, 11) is 0. The molecule has 0 atom stereocenters. The highest BCUT2D eigenvalue weighted by Gasteiger charge is 1.89. The van der Waals surface area contributed by atoms with Crippen LogP contribution in [0.5, 0.6) is 0 Å². The second-order valence-corrected chi connectivity index (χ2v) is 2.50. The highest BCUT2D eigenvalue weighted by molar-refractivity contribution is 14.0. The van der Waals surface area contributed by atoms with Crippen LogP contribution in [0.25, 0.3) is 10.9 Å². The van der Waals surface area contributed by atoms with Gasteiger partial charge in [-0.3, -0.25) is 0 Å². The van der Waals surface area contributed by atoms with Crippen LogP contribution in [-0.2, 0) is 0 Å². The maximum absolute atomic E-state index is 4.16. The van der Waals surface area contributed by atoms with Crippen molar-refractivity contribution in [1.82, 2.24) is 4.37 Å². The van der Waals surface area contributed by atoms with Gasteiger partial charge in [0, 0.05) is 10.8 Å². The van der Waals surface area contributed by atoms with Gasteiger partial charge in [-0.2, -0.15) is 4.37 Å². The zero-order valence-corrected chi connectivity index (χ0v) is 8.30. The number of hydrogen-bond acceptors (Lipinski definition) is 2. The van der Waals surface area contributed by atoms with Crippen LogP contribution in [0.2, 0.25) is 0 Å². The lowest BCUT2D eigenvalue weighted by atomic mass is 10.3. The molecular formula is C7H6INS. The molecule has 0 unspecified atom stereocenters. The van der Waals surface area contributed by atoms with Crippen molar-refractivity contribution in [2.45, 2.75) is 0 Å². The van der Waals surface area contributed by atoms with Gasteiger partial charge in [-0.1, -0.05) is 18.2 Å². The molecule has 1 aromatic heterocycles. The molecule has 52 valence electrons. The molecule has 1 aromatic carbocycles. The van der Waals surface area contributed by atoms with E-state index in [2.05, 4.69) is 15.8 Å². The monoisotopic (exact) mass is 263 g/mol. The minimum atomic E-state index is 0. The van der Waals surface area contributed by atoms with Crippen LogP contribution in [0, 0.1) is 0 Å². The summed E-state index contributed by atoms with van der Waals surface area (Å²) in [5.41, 5.74) is 1.10. The molecule has 0 fully saturated rings. The summed E-state index contributed by atoms with van der Waals surface area (Å²) in [6.45, 7) is 0. The number of rotatable bonds is 0. The molecule has 0 aliphatic rings. The second kappa shape index (κ2) is 3.30. The molecule has 2 aromatic rings. The van der Waals surface area contributed by atoms with Crippen LogP contribution < -0.4 is 0 Å². The number of nitrogens with zero attached hydrogens (tertiary/aromatic N) is 1. The molecule has 0 saturated carbocycles. The highest BCUT2D eigenvalue weighted by atomic mass is 127. The lowest BCUT2D eigenvalue weighted by Gasteiger charge is -1.80. The Hall–Kier alpha value is -0.160. The topological polar surface area (TPSA) is 12.9 Å². The first kappa shape index (κ1) is 7.94. The molecule has 0 aliphatic heterocycles. The van der Waals surface area contributed by atoms with Crippen molar-refractivity contribution in [3.05, 3.63) is 29.6 Å². The first-order valence-corrected chi connectivity index (χ1v) is 3.59. The molecule has 0 N–H and O–H groups in total. The van der Waals surface area contributed by atoms with Crippen molar-refractivity contribution in [2.24, 2.45) is 0 Å². The predicted molar refractivity (Wildman–Crippen MR) is 55.0 cm³/mol. The van der Waals surface area contributed by atoms with Gasteiger partial charge < -0.3 is 0 Å². The van der Waals surface area contributed by atoms with Gasteiger partial charge in [-0.05, 0) is 17.6 Å². The van der Waals surface area contributed by atoms with Crippen LogP contribution in [0.3, 0.4) is 0 Å². The molecule has 10 heavy (non-hydrogen) atoms. The van der Waals surface area contributed by atoms with Gasteiger partial charge >= 0.3 is 0 Å². The summed E-state index contributed by atoms with van der Waals surface area (Å²) in [6, 6.07) is 8.11. The number of halogens is 1. The van der Waals surface area contributed by atoms with E-state index in [1.807, 2.05) is 18.2 Å². The maximum Gasteiger partial charge on any atom is 0.0840 e. The van der Waals surface area contributed by atoms with Gasteiger partial charge in [0.05, 0.1) is 5.52 Å². The Labute approximate surface area is 80.3 Å². The fraction of sp³-hybridized carbons (Fsp3) is 0. The van der Waals surface area contributed by atoms with E-state index in [4.69, 9.17) is 0 Å². The number of hydrogen-bond donors (Lipinski definition) is 0. The van der Waals surface area contributed by atoms with E-state index < -0.39 is 0 Å². The summed E-state index contributed by atoms with van der Waals surface area (Å²) in [6.07, 6.45) is 0. The third-order valence-corrected chi connectivity index (χ3v) is 1.93. The fourth-order valence-corrected chi connectivity index (χ4v) is 1.46. The lowest BCUT2D eigenvalue weighted by Crippen LogP contribution is -1.61. The SMILES string of the molecule is I.c1ccc2nscc2c1. The van der Waals surface area contributed by atoms with Gasteiger partial charge in [-0.25, -0.2) is 0 Å². The van der Waals surface area contributed by atoms with E-state index in [0.717, 1.165) is 5.52 Å². The summed E-state index contributed by atoms with van der Waals surface area (Å²) in [4.78, 5) is 0. The second-order valence-electron chi connectivity index (χ2n) is 1.87. The Morgan fingerprint density at radius 2 is 2.00 bits per heavy atom. The van der Waals surface area contributed by atoms with Crippen LogP contribution >= 0.6 is 35.5 Å². The molecule has 0 amide bonds. The minimum absolute atomic E-state index is 0. The van der Waals surface area contributed by atoms with Gasteiger partial charge in [0.25, 0.3) is 0 Å². The Morgan fingerprint density at radius 3 is 2.80 bits per heavy atom.